The Balaban J connectivity index is 1.54. The van der Waals surface area contributed by atoms with Crippen LogP contribution in [-0.4, -0.2) is 47.4 Å². The molecule has 7 heteroatoms. The molecule has 1 aliphatic heterocycles. The normalized spacial score (nSPS) is 17.8. The SMILES string of the molecule is CCOc1ccc(NC(=O)[C@@H](C)N2CCC[C@H](C(=O)Nc3ccc(C)cn3)C2)cc1. The smallest absolute Gasteiger partial charge is 0.241 e. The van der Waals surface area contributed by atoms with Crippen LogP contribution in [0.2, 0.25) is 0 Å². The highest BCUT2D eigenvalue weighted by Gasteiger charge is 2.31. The van der Waals surface area contributed by atoms with Gasteiger partial charge in [0, 0.05) is 18.4 Å². The Morgan fingerprint density at radius 1 is 1.20 bits per heavy atom. The summed E-state index contributed by atoms with van der Waals surface area (Å²) in [6.45, 7) is 7.72. The minimum absolute atomic E-state index is 0.0461. The number of aryl methyl sites for hydroxylation is 1. The van der Waals surface area contributed by atoms with Gasteiger partial charge in [0.15, 0.2) is 0 Å². The van der Waals surface area contributed by atoms with Crippen LogP contribution in [0.4, 0.5) is 11.5 Å². The van der Waals surface area contributed by atoms with E-state index < -0.39 is 0 Å². The second-order valence-corrected chi connectivity index (χ2v) is 7.67. The number of piperidine rings is 1. The predicted molar refractivity (Wildman–Crippen MR) is 118 cm³/mol. The van der Waals surface area contributed by atoms with E-state index in [1.807, 2.05) is 51.1 Å². The minimum Gasteiger partial charge on any atom is -0.494 e. The molecule has 1 aliphatic rings. The van der Waals surface area contributed by atoms with Gasteiger partial charge in [0.25, 0.3) is 0 Å². The first kappa shape index (κ1) is 21.8. The molecule has 2 amide bonds. The minimum atomic E-state index is -0.329. The summed E-state index contributed by atoms with van der Waals surface area (Å²) in [7, 11) is 0. The number of rotatable bonds is 7. The van der Waals surface area contributed by atoms with Crippen LogP contribution in [-0.2, 0) is 9.59 Å². The summed E-state index contributed by atoms with van der Waals surface area (Å²) in [6.07, 6.45) is 3.41. The van der Waals surface area contributed by atoms with E-state index in [4.69, 9.17) is 4.74 Å². The van der Waals surface area contributed by atoms with Gasteiger partial charge in [-0.3, -0.25) is 14.5 Å². The molecular weight excluding hydrogens is 380 g/mol. The Morgan fingerprint density at radius 3 is 2.63 bits per heavy atom. The highest BCUT2D eigenvalue weighted by atomic mass is 16.5. The van der Waals surface area contributed by atoms with Crippen LogP contribution in [0.15, 0.2) is 42.6 Å². The van der Waals surface area contributed by atoms with Gasteiger partial charge in [-0.05, 0) is 76.1 Å². The molecule has 0 spiro atoms. The van der Waals surface area contributed by atoms with E-state index in [0.717, 1.165) is 36.4 Å². The molecule has 0 saturated carbocycles. The Hall–Kier alpha value is -2.93. The third kappa shape index (κ3) is 5.79. The number of anilines is 2. The van der Waals surface area contributed by atoms with Gasteiger partial charge in [-0.15, -0.1) is 0 Å². The maximum atomic E-state index is 12.7. The van der Waals surface area contributed by atoms with Crippen molar-refractivity contribution >= 4 is 23.3 Å². The number of amides is 2. The number of likely N-dealkylation sites (tertiary alicyclic amines) is 1. The Kier molecular flexibility index (Phi) is 7.41. The van der Waals surface area contributed by atoms with Gasteiger partial charge in [-0.25, -0.2) is 4.98 Å². The maximum Gasteiger partial charge on any atom is 0.241 e. The third-order valence-corrected chi connectivity index (χ3v) is 5.35. The number of benzene rings is 1. The van der Waals surface area contributed by atoms with Gasteiger partial charge in [-0.1, -0.05) is 6.07 Å². The lowest BCUT2D eigenvalue weighted by atomic mass is 9.96. The molecule has 2 atom stereocenters. The summed E-state index contributed by atoms with van der Waals surface area (Å²) < 4.78 is 5.43. The number of nitrogens with zero attached hydrogens (tertiary/aromatic N) is 2. The molecule has 0 radical (unpaired) electrons. The maximum absolute atomic E-state index is 12.7. The van der Waals surface area contributed by atoms with Crippen molar-refractivity contribution in [2.45, 2.75) is 39.7 Å². The average Bonchev–Trinajstić information content (AvgIpc) is 2.76. The van der Waals surface area contributed by atoms with Crippen LogP contribution >= 0.6 is 0 Å². The summed E-state index contributed by atoms with van der Waals surface area (Å²) in [4.78, 5) is 31.7. The number of aromatic nitrogens is 1. The zero-order chi connectivity index (χ0) is 21.5. The van der Waals surface area contributed by atoms with Crippen LogP contribution in [0.25, 0.3) is 0 Å². The quantitative estimate of drug-likeness (QED) is 0.730. The standard InChI is InChI=1S/C23H30N4O3/c1-4-30-20-10-8-19(9-11-20)25-22(28)17(3)27-13-5-6-18(15-27)23(29)26-21-12-7-16(2)14-24-21/h7-12,14,17-18H,4-6,13,15H2,1-3H3,(H,25,28)(H,24,26,29)/t17-,18+/m1/s1. The fourth-order valence-corrected chi connectivity index (χ4v) is 3.56. The Bertz CT molecular complexity index is 852. The van der Waals surface area contributed by atoms with Crippen molar-refractivity contribution in [1.29, 1.82) is 0 Å². The lowest BCUT2D eigenvalue weighted by molar-refractivity contribution is -0.125. The summed E-state index contributed by atoms with van der Waals surface area (Å²) in [5.41, 5.74) is 1.77. The monoisotopic (exact) mass is 410 g/mol. The van der Waals surface area contributed by atoms with Crippen LogP contribution in [0.1, 0.15) is 32.3 Å². The van der Waals surface area contributed by atoms with Crippen molar-refractivity contribution in [3.8, 4) is 5.75 Å². The van der Waals surface area contributed by atoms with Gasteiger partial charge in [-0.2, -0.15) is 0 Å². The van der Waals surface area contributed by atoms with Gasteiger partial charge in [0.1, 0.15) is 11.6 Å². The van der Waals surface area contributed by atoms with Crippen LogP contribution < -0.4 is 15.4 Å². The fraction of sp³-hybridized carbons (Fsp3) is 0.435. The Morgan fingerprint density at radius 2 is 1.97 bits per heavy atom. The second-order valence-electron chi connectivity index (χ2n) is 7.67. The molecule has 0 bridgehead atoms. The van der Waals surface area contributed by atoms with E-state index in [0.29, 0.717) is 19.0 Å². The fourth-order valence-electron chi connectivity index (χ4n) is 3.56. The zero-order valence-electron chi connectivity index (χ0n) is 17.9. The van der Waals surface area contributed by atoms with Gasteiger partial charge < -0.3 is 15.4 Å². The van der Waals surface area contributed by atoms with Crippen molar-refractivity contribution < 1.29 is 14.3 Å². The molecule has 30 heavy (non-hydrogen) atoms. The molecule has 1 saturated heterocycles. The molecule has 3 rings (SSSR count). The summed E-state index contributed by atoms with van der Waals surface area (Å²) in [5.74, 6) is 1.04. The first-order valence-electron chi connectivity index (χ1n) is 10.5. The molecule has 0 unspecified atom stereocenters. The molecule has 1 fully saturated rings. The molecule has 7 nitrogen and oxygen atoms in total. The van der Waals surface area contributed by atoms with E-state index in [1.165, 1.54) is 0 Å². The number of ether oxygens (including phenoxy) is 1. The van der Waals surface area contributed by atoms with Crippen molar-refractivity contribution in [3.63, 3.8) is 0 Å². The molecule has 160 valence electrons. The second kappa shape index (κ2) is 10.2. The van der Waals surface area contributed by atoms with Gasteiger partial charge in [0.2, 0.25) is 11.8 Å². The zero-order valence-corrected chi connectivity index (χ0v) is 17.9. The van der Waals surface area contributed by atoms with Crippen molar-refractivity contribution in [1.82, 2.24) is 9.88 Å². The average molecular weight is 411 g/mol. The largest absolute Gasteiger partial charge is 0.494 e. The van der Waals surface area contributed by atoms with E-state index in [1.54, 1.807) is 12.3 Å². The highest BCUT2D eigenvalue weighted by Crippen LogP contribution is 2.21. The van der Waals surface area contributed by atoms with Crippen LogP contribution in [0, 0.1) is 12.8 Å². The predicted octanol–water partition coefficient (Wildman–Crippen LogP) is 3.47. The van der Waals surface area contributed by atoms with Crippen molar-refractivity contribution in [2.75, 3.05) is 30.3 Å². The molecule has 0 aliphatic carbocycles. The first-order valence-corrected chi connectivity index (χ1v) is 10.5. The lowest BCUT2D eigenvalue weighted by Crippen LogP contribution is -2.49. The summed E-state index contributed by atoms with van der Waals surface area (Å²) >= 11 is 0. The number of hydrogen-bond donors (Lipinski definition) is 2. The number of nitrogens with one attached hydrogen (secondary N) is 2. The molecular formula is C23H30N4O3. The van der Waals surface area contributed by atoms with Gasteiger partial charge in [0.05, 0.1) is 18.6 Å². The number of hydrogen-bond acceptors (Lipinski definition) is 5. The third-order valence-electron chi connectivity index (χ3n) is 5.35. The number of pyridine rings is 1. The van der Waals surface area contributed by atoms with Crippen LogP contribution in [0.5, 0.6) is 5.75 Å². The van der Waals surface area contributed by atoms with E-state index >= 15 is 0 Å². The molecule has 1 aromatic heterocycles. The van der Waals surface area contributed by atoms with E-state index in [2.05, 4.69) is 20.5 Å². The summed E-state index contributed by atoms with van der Waals surface area (Å²) in [5, 5.41) is 5.84. The first-order chi connectivity index (χ1) is 14.5. The molecule has 2 heterocycles. The molecule has 2 aromatic rings. The number of carbonyl (C=O) groups is 2. The lowest BCUT2D eigenvalue weighted by Gasteiger charge is -2.35. The highest BCUT2D eigenvalue weighted by molar-refractivity contribution is 5.95. The van der Waals surface area contributed by atoms with Gasteiger partial charge >= 0.3 is 0 Å². The molecule has 2 N–H and O–H groups in total. The topological polar surface area (TPSA) is 83.6 Å². The number of carbonyl (C=O) groups excluding carboxylic acids is 2. The van der Waals surface area contributed by atoms with E-state index in [-0.39, 0.29) is 23.8 Å². The Labute approximate surface area is 177 Å². The molecule has 1 aromatic carbocycles. The van der Waals surface area contributed by atoms with Crippen molar-refractivity contribution in [3.05, 3.63) is 48.2 Å². The van der Waals surface area contributed by atoms with E-state index in [9.17, 15) is 9.59 Å². The van der Waals surface area contributed by atoms with Crippen molar-refractivity contribution in [2.24, 2.45) is 5.92 Å². The van der Waals surface area contributed by atoms with Crippen LogP contribution in [0.3, 0.4) is 0 Å². The summed E-state index contributed by atoms with van der Waals surface area (Å²) in [6, 6.07) is 10.7.